The van der Waals surface area contributed by atoms with Crippen molar-refractivity contribution in [2.24, 2.45) is 0 Å². The first-order valence-corrected chi connectivity index (χ1v) is 10.2. The Hall–Kier alpha value is -3.19. The van der Waals surface area contributed by atoms with Gasteiger partial charge in [0.1, 0.15) is 18.3 Å². The van der Waals surface area contributed by atoms with Crippen molar-refractivity contribution in [3.63, 3.8) is 0 Å². The Kier molecular flexibility index (Phi) is 6.89. The third-order valence-electron chi connectivity index (χ3n) is 3.97. The molecule has 10 heteroatoms. The number of hydrogen-bond donors (Lipinski definition) is 2. The van der Waals surface area contributed by atoms with Crippen molar-refractivity contribution in [2.45, 2.75) is 25.6 Å². The maximum atomic E-state index is 12.6. The van der Waals surface area contributed by atoms with Gasteiger partial charge in [0.25, 0.3) is 5.91 Å². The molecule has 2 rings (SSSR count). The summed E-state index contributed by atoms with van der Waals surface area (Å²) in [6, 6.07) is 8.48. The van der Waals surface area contributed by atoms with E-state index in [4.69, 9.17) is 9.78 Å². The smallest absolute Gasteiger partial charge is 0.251 e. The standard InChI is InChI=1S/C18H20N4O5S/c1-12-15(13(2)27-22-12)10-28(25,26)11-16(18(24)20-9-8-19)21-17(23)14-6-4-3-5-7-14/h3-7,16H,9-11H2,1-2H3,(H,20,24)(H,21,23)/t16-/m0/s1. The Labute approximate surface area is 162 Å². The molecule has 0 saturated carbocycles. The second-order valence-corrected chi connectivity index (χ2v) is 8.23. The van der Waals surface area contributed by atoms with E-state index in [1.165, 1.54) is 12.1 Å². The first-order chi connectivity index (χ1) is 13.2. The van der Waals surface area contributed by atoms with E-state index in [-0.39, 0.29) is 17.9 Å². The predicted octanol–water partition coefficient (Wildman–Crippen LogP) is 0.645. The lowest BCUT2D eigenvalue weighted by Crippen LogP contribution is -2.50. The van der Waals surface area contributed by atoms with Gasteiger partial charge < -0.3 is 15.2 Å². The minimum absolute atomic E-state index is 0.281. The minimum Gasteiger partial charge on any atom is -0.361 e. The highest BCUT2D eigenvalue weighted by Crippen LogP contribution is 2.16. The van der Waals surface area contributed by atoms with Crippen LogP contribution in [-0.4, -0.2) is 43.7 Å². The number of aryl methyl sites for hydroxylation is 2. The third kappa shape index (κ3) is 5.65. The second-order valence-electron chi connectivity index (χ2n) is 6.13. The van der Waals surface area contributed by atoms with Gasteiger partial charge in [0.05, 0.1) is 23.3 Å². The lowest BCUT2D eigenvalue weighted by molar-refractivity contribution is -0.122. The molecule has 1 heterocycles. The zero-order chi connectivity index (χ0) is 20.7. The Morgan fingerprint density at radius 1 is 1.25 bits per heavy atom. The normalized spacial score (nSPS) is 12.0. The summed E-state index contributed by atoms with van der Waals surface area (Å²) >= 11 is 0. The molecular weight excluding hydrogens is 384 g/mol. The largest absolute Gasteiger partial charge is 0.361 e. The van der Waals surface area contributed by atoms with Crippen LogP contribution in [0.5, 0.6) is 0 Å². The van der Waals surface area contributed by atoms with Crippen LogP contribution in [-0.2, 0) is 20.4 Å². The van der Waals surface area contributed by atoms with Gasteiger partial charge in [-0.05, 0) is 26.0 Å². The van der Waals surface area contributed by atoms with Crippen LogP contribution in [0.1, 0.15) is 27.4 Å². The number of carbonyl (C=O) groups excluding carboxylic acids is 2. The molecule has 1 atom stereocenters. The monoisotopic (exact) mass is 404 g/mol. The molecule has 9 nitrogen and oxygen atoms in total. The first kappa shape index (κ1) is 21.1. The van der Waals surface area contributed by atoms with Gasteiger partial charge in [-0.3, -0.25) is 9.59 Å². The summed E-state index contributed by atoms with van der Waals surface area (Å²) in [6.45, 7) is 2.91. The number of benzene rings is 1. The maximum absolute atomic E-state index is 12.6. The summed E-state index contributed by atoms with van der Waals surface area (Å²) < 4.78 is 30.3. The van der Waals surface area contributed by atoms with Crippen LogP contribution in [0.25, 0.3) is 0 Å². The van der Waals surface area contributed by atoms with Gasteiger partial charge in [0.2, 0.25) is 5.91 Å². The summed E-state index contributed by atoms with van der Waals surface area (Å²) in [7, 11) is -3.81. The van der Waals surface area contributed by atoms with E-state index in [9.17, 15) is 18.0 Å². The van der Waals surface area contributed by atoms with Gasteiger partial charge in [-0.15, -0.1) is 0 Å². The molecule has 0 saturated heterocycles. The van der Waals surface area contributed by atoms with E-state index in [1.807, 2.05) is 0 Å². The highest BCUT2D eigenvalue weighted by Gasteiger charge is 2.29. The van der Waals surface area contributed by atoms with Gasteiger partial charge in [0.15, 0.2) is 9.84 Å². The summed E-state index contributed by atoms with van der Waals surface area (Å²) in [6.07, 6.45) is 0. The van der Waals surface area contributed by atoms with Gasteiger partial charge in [-0.25, -0.2) is 8.42 Å². The van der Waals surface area contributed by atoms with Crippen LogP contribution >= 0.6 is 0 Å². The average Bonchev–Trinajstić information content (AvgIpc) is 2.97. The van der Waals surface area contributed by atoms with Gasteiger partial charge in [-0.1, -0.05) is 23.4 Å². The van der Waals surface area contributed by atoms with Crippen molar-refractivity contribution < 1.29 is 22.5 Å². The summed E-state index contributed by atoms with van der Waals surface area (Å²) in [5.41, 5.74) is 1.15. The Bertz CT molecular complexity index is 973. The summed E-state index contributed by atoms with van der Waals surface area (Å²) in [5, 5.41) is 17.1. The molecule has 0 aliphatic carbocycles. The van der Waals surface area contributed by atoms with Gasteiger partial charge in [0, 0.05) is 11.1 Å². The van der Waals surface area contributed by atoms with E-state index in [0.717, 1.165) is 0 Å². The van der Waals surface area contributed by atoms with E-state index >= 15 is 0 Å². The number of carbonyl (C=O) groups is 2. The fourth-order valence-electron chi connectivity index (χ4n) is 2.50. The zero-order valence-electron chi connectivity index (χ0n) is 15.4. The van der Waals surface area contributed by atoms with Crippen LogP contribution < -0.4 is 10.6 Å². The zero-order valence-corrected chi connectivity index (χ0v) is 16.2. The molecule has 2 N–H and O–H groups in total. The lowest BCUT2D eigenvalue weighted by Gasteiger charge is -2.18. The van der Waals surface area contributed by atoms with Crippen LogP contribution in [0.3, 0.4) is 0 Å². The number of sulfone groups is 1. The van der Waals surface area contributed by atoms with Crippen LogP contribution in [0, 0.1) is 25.2 Å². The molecule has 2 amide bonds. The number of nitriles is 1. The SMILES string of the molecule is Cc1noc(C)c1CS(=O)(=O)C[C@H](NC(=O)c1ccccc1)C(=O)NCC#N. The quantitative estimate of drug-likeness (QED) is 0.615. The van der Waals surface area contributed by atoms with Crippen molar-refractivity contribution >= 4 is 21.7 Å². The molecule has 2 aromatic rings. The fourth-order valence-corrected chi connectivity index (χ4v) is 4.22. The van der Waals surface area contributed by atoms with Crippen LogP contribution in [0.4, 0.5) is 0 Å². The molecule has 0 unspecified atom stereocenters. The Morgan fingerprint density at radius 2 is 1.93 bits per heavy atom. The van der Waals surface area contributed by atoms with Crippen molar-refractivity contribution in [1.82, 2.24) is 15.8 Å². The summed E-state index contributed by atoms with van der Waals surface area (Å²) in [5.74, 6) is -1.98. The molecule has 0 aliphatic rings. The van der Waals surface area contributed by atoms with E-state index in [0.29, 0.717) is 17.0 Å². The predicted molar refractivity (Wildman–Crippen MR) is 99.8 cm³/mol. The van der Waals surface area contributed by atoms with Crippen molar-refractivity contribution in [2.75, 3.05) is 12.3 Å². The van der Waals surface area contributed by atoms with E-state index in [1.54, 1.807) is 38.1 Å². The Morgan fingerprint density at radius 3 is 2.50 bits per heavy atom. The van der Waals surface area contributed by atoms with Crippen molar-refractivity contribution in [1.29, 1.82) is 5.26 Å². The number of nitrogens with one attached hydrogen (secondary N) is 2. The lowest BCUT2D eigenvalue weighted by atomic mass is 10.2. The number of hydrogen-bond acceptors (Lipinski definition) is 7. The molecule has 0 radical (unpaired) electrons. The fraction of sp³-hybridized carbons (Fsp3) is 0.333. The number of amides is 2. The van der Waals surface area contributed by atoms with Gasteiger partial charge in [-0.2, -0.15) is 5.26 Å². The van der Waals surface area contributed by atoms with Crippen molar-refractivity contribution in [3.05, 3.63) is 52.9 Å². The molecule has 148 valence electrons. The van der Waals surface area contributed by atoms with Crippen molar-refractivity contribution in [3.8, 4) is 6.07 Å². The Balaban J connectivity index is 2.20. The van der Waals surface area contributed by atoms with Gasteiger partial charge >= 0.3 is 0 Å². The number of rotatable bonds is 8. The highest BCUT2D eigenvalue weighted by atomic mass is 32.2. The number of aromatic nitrogens is 1. The molecule has 1 aromatic heterocycles. The third-order valence-corrected chi connectivity index (χ3v) is 5.54. The molecule has 0 aliphatic heterocycles. The molecule has 0 spiro atoms. The molecular formula is C18H20N4O5S. The summed E-state index contributed by atoms with van der Waals surface area (Å²) in [4.78, 5) is 24.7. The highest BCUT2D eigenvalue weighted by molar-refractivity contribution is 7.90. The molecule has 28 heavy (non-hydrogen) atoms. The van der Waals surface area contributed by atoms with Crippen LogP contribution in [0.2, 0.25) is 0 Å². The molecule has 1 aromatic carbocycles. The second kappa shape index (κ2) is 9.14. The molecule has 0 bridgehead atoms. The van der Waals surface area contributed by atoms with E-state index < -0.39 is 33.4 Å². The molecule has 0 fully saturated rings. The maximum Gasteiger partial charge on any atom is 0.251 e. The minimum atomic E-state index is -3.81. The number of nitrogens with zero attached hydrogens (tertiary/aromatic N) is 2. The van der Waals surface area contributed by atoms with Crippen LogP contribution in [0.15, 0.2) is 34.9 Å². The topological polar surface area (TPSA) is 142 Å². The van der Waals surface area contributed by atoms with E-state index in [2.05, 4.69) is 15.8 Å². The first-order valence-electron chi connectivity index (χ1n) is 8.36. The average molecular weight is 404 g/mol.